The summed E-state index contributed by atoms with van der Waals surface area (Å²) in [5.41, 5.74) is 0.807. The van der Waals surface area contributed by atoms with Crippen LogP contribution in [0.15, 0.2) is 28.7 Å². The molecule has 0 aliphatic carbocycles. The van der Waals surface area contributed by atoms with Crippen LogP contribution in [0.25, 0.3) is 6.08 Å². The van der Waals surface area contributed by atoms with Gasteiger partial charge in [0.15, 0.2) is 0 Å². The SMILES string of the molecule is COCC(O)CCNC(=O)/C=C/c1cc(Br)ccc1OC. The summed E-state index contributed by atoms with van der Waals surface area (Å²) in [5, 5.41) is 12.2. The van der Waals surface area contributed by atoms with Gasteiger partial charge in [-0.25, -0.2) is 0 Å². The molecule has 116 valence electrons. The van der Waals surface area contributed by atoms with Crippen molar-refractivity contribution in [2.75, 3.05) is 27.4 Å². The second kappa shape index (κ2) is 9.55. The third kappa shape index (κ3) is 6.75. The fraction of sp³-hybridized carbons (Fsp3) is 0.400. The highest BCUT2D eigenvalue weighted by Crippen LogP contribution is 2.23. The zero-order chi connectivity index (χ0) is 15.7. The van der Waals surface area contributed by atoms with Crippen LogP contribution in [0.3, 0.4) is 0 Å². The number of hydrogen-bond donors (Lipinski definition) is 2. The lowest BCUT2D eigenvalue weighted by Crippen LogP contribution is -2.27. The predicted octanol–water partition coefficient (Wildman–Crippen LogP) is 1.98. The Labute approximate surface area is 133 Å². The van der Waals surface area contributed by atoms with Crippen molar-refractivity contribution in [3.05, 3.63) is 34.3 Å². The number of halogens is 1. The van der Waals surface area contributed by atoms with E-state index in [9.17, 15) is 9.90 Å². The lowest BCUT2D eigenvalue weighted by atomic mass is 10.2. The number of carbonyl (C=O) groups excluding carboxylic acids is 1. The van der Waals surface area contributed by atoms with Crippen LogP contribution in [-0.4, -0.2) is 44.5 Å². The van der Waals surface area contributed by atoms with E-state index in [0.29, 0.717) is 18.7 Å². The van der Waals surface area contributed by atoms with Crippen molar-refractivity contribution in [3.63, 3.8) is 0 Å². The second-order valence-electron chi connectivity index (χ2n) is 4.41. The minimum absolute atomic E-state index is 0.221. The van der Waals surface area contributed by atoms with Crippen LogP contribution in [0.1, 0.15) is 12.0 Å². The molecule has 6 heteroatoms. The molecule has 1 unspecified atom stereocenters. The lowest BCUT2D eigenvalue weighted by Gasteiger charge is -2.09. The van der Waals surface area contributed by atoms with Crippen molar-refractivity contribution in [1.82, 2.24) is 5.32 Å². The molecule has 21 heavy (non-hydrogen) atoms. The summed E-state index contributed by atoms with van der Waals surface area (Å²) < 4.78 is 10.9. The van der Waals surface area contributed by atoms with E-state index >= 15 is 0 Å². The standard InChI is InChI=1S/C15H20BrNO4/c1-20-10-13(18)7-8-17-15(19)6-3-11-9-12(16)4-5-14(11)21-2/h3-6,9,13,18H,7-8,10H2,1-2H3,(H,17,19)/b6-3+. The van der Waals surface area contributed by atoms with Crippen LogP contribution in [0.5, 0.6) is 5.75 Å². The van der Waals surface area contributed by atoms with Crippen molar-refractivity contribution >= 4 is 27.9 Å². The van der Waals surface area contributed by atoms with E-state index in [0.717, 1.165) is 10.0 Å². The van der Waals surface area contributed by atoms with Crippen LogP contribution < -0.4 is 10.1 Å². The Morgan fingerprint density at radius 1 is 1.48 bits per heavy atom. The quantitative estimate of drug-likeness (QED) is 0.698. The Hall–Kier alpha value is -1.37. The molecule has 1 aromatic carbocycles. The van der Waals surface area contributed by atoms with Gasteiger partial charge >= 0.3 is 0 Å². The Morgan fingerprint density at radius 3 is 2.90 bits per heavy atom. The van der Waals surface area contributed by atoms with E-state index in [1.807, 2.05) is 18.2 Å². The first-order chi connectivity index (χ1) is 10.1. The normalized spacial score (nSPS) is 12.4. The average Bonchev–Trinajstić information content (AvgIpc) is 2.45. The third-order valence-electron chi connectivity index (χ3n) is 2.74. The van der Waals surface area contributed by atoms with E-state index < -0.39 is 6.10 Å². The highest BCUT2D eigenvalue weighted by atomic mass is 79.9. The molecule has 5 nitrogen and oxygen atoms in total. The second-order valence-corrected chi connectivity index (χ2v) is 5.32. The van der Waals surface area contributed by atoms with Gasteiger partial charge in [-0.1, -0.05) is 15.9 Å². The summed E-state index contributed by atoms with van der Waals surface area (Å²) in [4.78, 5) is 11.7. The van der Waals surface area contributed by atoms with Crippen molar-refractivity contribution in [2.24, 2.45) is 0 Å². The molecule has 0 saturated carbocycles. The Morgan fingerprint density at radius 2 is 2.24 bits per heavy atom. The molecule has 0 heterocycles. The van der Waals surface area contributed by atoms with Gasteiger partial charge in [-0.15, -0.1) is 0 Å². The fourth-order valence-corrected chi connectivity index (χ4v) is 2.08. The van der Waals surface area contributed by atoms with Gasteiger partial charge in [-0.2, -0.15) is 0 Å². The number of rotatable bonds is 8. The third-order valence-corrected chi connectivity index (χ3v) is 3.24. The molecule has 0 saturated heterocycles. The van der Waals surface area contributed by atoms with E-state index in [1.165, 1.54) is 13.2 Å². The largest absolute Gasteiger partial charge is 0.496 e. The molecule has 2 N–H and O–H groups in total. The number of carbonyl (C=O) groups is 1. The minimum Gasteiger partial charge on any atom is -0.496 e. The Kier molecular flexibility index (Phi) is 8.04. The maximum Gasteiger partial charge on any atom is 0.244 e. The summed E-state index contributed by atoms with van der Waals surface area (Å²) in [7, 11) is 3.10. The number of amides is 1. The number of methoxy groups -OCH3 is 2. The summed E-state index contributed by atoms with van der Waals surface area (Å²) in [6.45, 7) is 0.657. The zero-order valence-electron chi connectivity index (χ0n) is 12.1. The molecule has 0 bridgehead atoms. The van der Waals surface area contributed by atoms with Gasteiger partial charge in [0.1, 0.15) is 5.75 Å². The van der Waals surface area contributed by atoms with E-state index in [2.05, 4.69) is 21.2 Å². The maximum absolute atomic E-state index is 11.7. The van der Waals surface area contributed by atoms with Crippen LogP contribution in [0.4, 0.5) is 0 Å². The molecule has 1 amide bonds. The molecule has 0 fully saturated rings. The van der Waals surface area contributed by atoms with Gasteiger partial charge < -0.3 is 19.9 Å². The van der Waals surface area contributed by atoms with Crippen LogP contribution in [0.2, 0.25) is 0 Å². The van der Waals surface area contributed by atoms with Crippen molar-refractivity contribution < 1.29 is 19.4 Å². The number of nitrogens with one attached hydrogen (secondary N) is 1. The highest BCUT2D eigenvalue weighted by molar-refractivity contribution is 9.10. The van der Waals surface area contributed by atoms with Crippen molar-refractivity contribution in [1.29, 1.82) is 0 Å². The van der Waals surface area contributed by atoms with Gasteiger partial charge in [-0.3, -0.25) is 4.79 Å². The number of benzene rings is 1. The first-order valence-electron chi connectivity index (χ1n) is 6.53. The molecular weight excluding hydrogens is 338 g/mol. The minimum atomic E-state index is -0.565. The topological polar surface area (TPSA) is 67.8 Å². The Bertz CT molecular complexity index is 491. The van der Waals surface area contributed by atoms with Gasteiger partial charge in [0.2, 0.25) is 5.91 Å². The van der Waals surface area contributed by atoms with Crippen LogP contribution in [0, 0.1) is 0 Å². The molecule has 0 spiro atoms. The zero-order valence-corrected chi connectivity index (χ0v) is 13.7. The van der Waals surface area contributed by atoms with Crippen LogP contribution in [-0.2, 0) is 9.53 Å². The summed E-state index contributed by atoms with van der Waals surface area (Å²) >= 11 is 3.38. The van der Waals surface area contributed by atoms with E-state index in [4.69, 9.17) is 9.47 Å². The summed E-state index contributed by atoms with van der Waals surface area (Å²) in [6.07, 6.45) is 3.01. The molecule has 0 aliphatic heterocycles. The molecule has 1 rings (SSSR count). The van der Waals surface area contributed by atoms with Crippen molar-refractivity contribution in [3.8, 4) is 5.75 Å². The van der Waals surface area contributed by atoms with E-state index in [-0.39, 0.29) is 12.5 Å². The predicted molar refractivity (Wildman–Crippen MR) is 85.2 cm³/mol. The van der Waals surface area contributed by atoms with Crippen molar-refractivity contribution in [2.45, 2.75) is 12.5 Å². The summed E-state index contributed by atoms with van der Waals surface area (Å²) in [5.74, 6) is 0.472. The lowest BCUT2D eigenvalue weighted by molar-refractivity contribution is -0.116. The maximum atomic E-state index is 11.7. The van der Waals surface area contributed by atoms with E-state index in [1.54, 1.807) is 13.2 Å². The van der Waals surface area contributed by atoms with Gasteiger partial charge in [0.25, 0.3) is 0 Å². The molecular formula is C15H20BrNO4. The molecule has 1 aromatic rings. The van der Waals surface area contributed by atoms with Gasteiger partial charge in [0.05, 0.1) is 19.8 Å². The molecule has 0 radical (unpaired) electrons. The first kappa shape index (κ1) is 17.7. The average molecular weight is 358 g/mol. The smallest absolute Gasteiger partial charge is 0.244 e. The molecule has 0 aromatic heterocycles. The number of aliphatic hydroxyl groups is 1. The fourth-order valence-electron chi connectivity index (χ4n) is 1.70. The summed E-state index contributed by atoms with van der Waals surface area (Å²) in [6, 6.07) is 5.56. The monoisotopic (exact) mass is 357 g/mol. The van der Waals surface area contributed by atoms with Gasteiger partial charge in [-0.05, 0) is 30.7 Å². The number of ether oxygens (including phenoxy) is 2. The Balaban J connectivity index is 2.49. The number of hydrogen-bond acceptors (Lipinski definition) is 4. The molecule has 1 atom stereocenters. The first-order valence-corrected chi connectivity index (χ1v) is 7.32. The van der Waals surface area contributed by atoms with Crippen LogP contribution >= 0.6 is 15.9 Å². The molecule has 0 aliphatic rings. The van der Waals surface area contributed by atoms with Gasteiger partial charge in [0, 0.05) is 29.8 Å². The highest BCUT2D eigenvalue weighted by Gasteiger charge is 2.04. The number of aliphatic hydroxyl groups excluding tert-OH is 1.